The van der Waals surface area contributed by atoms with E-state index in [2.05, 4.69) is 17.5 Å². The Balaban J connectivity index is 1.92. The zero-order chi connectivity index (χ0) is 9.36. The lowest BCUT2D eigenvalue weighted by atomic mass is 10.2. The summed E-state index contributed by atoms with van der Waals surface area (Å²) in [7, 11) is 0. The molecule has 0 fully saturated rings. The van der Waals surface area contributed by atoms with Crippen LogP contribution in [-0.4, -0.2) is 19.0 Å². The molecule has 0 aliphatic heterocycles. The van der Waals surface area contributed by atoms with E-state index < -0.39 is 0 Å². The summed E-state index contributed by atoms with van der Waals surface area (Å²) in [4.78, 5) is 0. The first-order chi connectivity index (χ1) is 6.43. The first-order valence-electron chi connectivity index (χ1n) is 5.03. The smallest absolute Gasteiger partial charge is 0.0404 e. The number of halogens is 1. The summed E-state index contributed by atoms with van der Waals surface area (Å²) in [6, 6.07) is 0. The number of hydrogen-bond acceptors (Lipinski definition) is 1. The van der Waals surface area contributed by atoms with Crippen LogP contribution in [0.5, 0.6) is 0 Å². The molecule has 0 amide bonds. The number of alkyl halides is 1. The highest BCUT2D eigenvalue weighted by Gasteiger charge is 2.02. The Morgan fingerprint density at radius 2 is 2.38 bits per heavy atom. The third kappa shape index (κ3) is 5.12. The van der Waals surface area contributed by atoms with Crippen LogP contribution in [0.3, 0.4) is 0 Å². The molecule has 0 aromatic heterocycles. The average Bonchev–Trinajstić information content (AvgIpc) is 2.63. The highest BCUT2D eigenvalue weighted by Crippen LogP contribution is 2.19. The van der Waals surface area contributed by atoms with Gasteiger partial charge in [-0.15, -0.1) is 11.6 Å². The molecule has 0 unspecified atom stereocenters. The molecule has 0 heterocycles. The molecule has 0 spiro atoms. The molecule has 74 valence electrons. The van der Waals surface area contributed by atoms with Gasteiger partial charge in [0, 0.05) is 12.4 Å². The Morgan fingerprint density at radius 3 is 3.08 bits per heavy atom. The molecule has 1 rings (SSSR count). The summed E-state index contributed by atoms with van der Waals surface area (Å²) in [5.74, 6) is 0.618. The Morgan fingerprint density at radius 1 is 1.46 bits per heavy atom. The summed E-state index contributed by atoms with van der Waals surface area (Å²) < 4.78 is 0. The first kappa shape index (κ1) is 10.8. The molecule has 0 aromatic carbocycles. The largest absolute Gasteiger partial charge is 0.313 e. The minimum absolute atomic E-state index is 0.618. The Labute approximate surface area is 85.9 Å². The van der Waals surface area contributed by atoms with E-state index in [0.717, 1.165) is 13.1 Å². The fraction of sp³-hybridized carbons (Fsp3) is 0.636. The van der Waals surface area contributed by atoms with Crippen molar-refractivity contribution in [3.63, 3.8) is 0 Å². The zero-order valence-electron chi connectivity index (χ0n) is 8.06. The summed E-state index contributed by atoms with van der Waals surface area (Å²) in [6.45, 7) is 2.04. The predicted molar refractivity (Wildman–Crippen MR) is 59.3 cm³/mol. The van der Waals surface area contributed by atoms with E-state index in [1.807, 2.05) is 6.08 Å². The second-order valence-electron chi connectivity index (χ2n) is 3.33. The van der Waals surface area contributed by atoms with Crippen LogP contribution < -0.4 is 5.32 Å². The Kier molecular flexibility index (Phi) is 5.96. The summed E-state index contributed by atoms with van der Waals surface area (Å²) in [6.07, 6.45) is 11.6. The van der Waals surface area contributed by atoms with Crippen LogP contribution in [-0.2, 0) is 0 Å². The van der Waals surface area contributed by atoms with Gasteiger partial charge in [-0.1, -0.05) is 23.8 Å². The second-order valence-corrected chi connectivity index (χ2v) is 3.64. The van der Waals surface area contributed by atoms with Crippen LogP contribution in [0.15, 0.2) is 23.8 Å². The quantitative estimate of drug-likeness (QED) is 0.394. The van der Waals surface area contributed by atoms with E-state index in [4.69, 9.17) is 11.6 Å². The first-order valence-corrected chi connectivity index (χ1v) is 5.56. The van der Waals surface area contributed by atoms with Gasteiger partial charge in [-0.25, -0.2) is 0 Å². The minimum atomic E-state index is 0.618. The normalized spacial score (nSPS) is 16.8. The predicted octanol–water partition coefficient (Wildman–Crippen LogP) is 2.87. The van der Waals surface area contributed by atoms with Crippen molar-refractivity contribution in [3.05, 3.63) is 23.8 Å². The van der Waals surface area contributed by atoms with E-state index in [1.54, 1.807) is 5.57 Å². The molecule has 0 bridgehead atoms. The Hall–Kier alpha value is -0.270. The van der Waals surface area contributed by atoms with Crippen molar-refractivity contribution in [2.45, 2.75) is 25.7 Å². The van der Waals surface area contributed by atoms with Gasteiger partial charge in [0.1, 0.15) is 0 Å². The average molecular weight is 200 g/mol. The van der Waals surface area contributed by atoms with Gasteiger partial charge >= 0.3 is 0 Å². The summed E-state index contributed by atoms with van der Waals surface area (Å²) in [5, 5.41) is 3.36. The number of rotatable bonds is 6. The molecule has 1 N–H and O–H groups in total. The maximum atomic E-state index is 5.49. The van der Waals surface area contributed by atoms with Crippen LogP contribution in [0, 0.1) is 0 Å². The molecular weight excluding hydrogens is 182 g/mol. The maximum Gasteiger partial charge on any atom is 0.0404 e. The molecule has 0 saturated carbocycles. The molecule has 1 nitrogen and oxygen atoms in total. The van der Waals surface area contributed by atoms with E-state index in [9.17, 15) is 0 Å². The van der Waals surface area contributed by atoms with Gasteiger partial charge in [-0.2, -0.15) is 0 Å². The van der Waals surface area contributed by atoms with E-state index in [1.165, 1.54) is 25.7 Å². The van der Waals surface area contributed by atoms with Crippen LogP contribution in [0.25, 0.3) is 0 Å². The standard InChI is InChI=1S/C11H18ClN/c12-8-3-4-9-13-10-7-11-5-1-2-6-11/h3-5,13H,1-2,6-10H2/b4-3+. The van der Waals surface area contributed by atoms with Crippen LogP contribution in [0.1, 0.15) is 25.7 Å². The lowest BCUT2D eigenvalue weighted by Gasteiger charge is -2.02. The SMILES string of the molecule is ClC/C=C/CNCCC1=CCCC1. The van der Waals surface area contributed by atoms with E-state index >= 15 is 0 Å². The zero-order valence-corrected chi connectivity index (χ0v) is 8.82. The van der Waals surface area contributed by atoms with Gasteiger partial charge < -0.3 is 5.32 Å². The second kappa shape index (κ2) is 7.16. The van der Waals surface area contributed by atoms with Crippen molar-refractivity contribution < 1.29 is 0 Å². The van der Waals surface area contributed by atoms with Gasteiger partial charge in [0.15, 0.2) is 0 Å². The fourth-order valence-corrected chi connectivity index (χ4v) is 1.67. The van der Waals surface area contributed by atoms with Gasteiger partial charge in [0.2, 0.25) is 0 Å². The van der Waals surface area contributed by atoms with E-state index in [0.29, 0.717) is 5.88 Å². The molecule has 0 radical (unpaired) electrons. The van der Waals surface area contributed by atoms with Crippen LogP contribution in [0.2, 0.25) is 0 Å². The van der Waals surface area contributed by atoms with Crippen LogP contribution >= 0.6 is 11.6 Å². The molecule has 0 atom stereocenters. The molecule has 13 heavy (non-hydrogen) atoms. The fourth-order valence-electron chi connectivity index (χ4n) is 1.55. The lowest BCUT2D eigenvalue weighted by molar-refractivity contribution is 0.725. The molecule has 2 heteroatoms. The number of allylic oxidation sites excluding steroid dienone is 2. The van der Waals surface area contributed by atoms with Gasteiger partial charge in [-0.05, 0) is 32.2 Å². The third-order valence-electron chi connectivity index (χ3n) is 2.28. The summed E-state index contributed by atoms with van der Waals surface area (Å²) >= 11 is 5.49. The van der Waals surface area contributed by atoms with Crippen molar-refractivity contribution in [1.82, 2.24) is 5.32 Å². The molecule has 1 aliphatic rings. The van der Waals surface area contributed by atoms with Crippen molar-refractivity contribution in [2.24, 2.45) is 0 Å². The third-order valence-corrected chi connectivity index (χ3v) is 2.45. The van der Waals surface area contributed by atoms with Crippen molar-refractivity contribution in [3.8, 4) is 0 Å². The van der Waals surface area contributed by atoms with Gasteiger partial charge in [0.05, 0.1) is 0 Å². The molecule has 1 aliphatic carbocycles. The lowest BCUT2D eigenvalue weighted by Crippen LogP contribution is -2.15. The van der Waals surface area contributed by atoms with Crippen molar-refractivity contribution in [1.29, 1.82) is 0 Å². The van der Waals surface area contributed by atoms with Crippen molar-refractivity contribution >= 4 is 11.6 Å². The topological polar surface area (TPSA) is 12.0 Å². The summed E-state index contributed by atoms with van der Waals surface area (Å²) in [5.41, 5.74) is 1.63. The molecule has 0 saturated heterocycles. The van der Waals surface area contributed by atoms with Gasteiger partial charge in [0.25, 0.3) is 0 Å². The van der Waals surface area contributed by atoms with Crippen molar-refractivity contribution in [2.75, 3.05) is 19.0 Å². The van der Waals surface area contributed by atoms with E-state index in [-0.39, 0.29) is 0 Å². The van der Waals surface area contributed by atoms with Gasteiger partial charge in [-0.3, -0.25) is 0 Å². The molecular formula is C11H18ClN. The highest BCUT2D eigenvalue weighted by molar-refractivity contribution is 6.18. The maximum absolute atomic E-state index is 5.49. The van der Waals surface area contributed by atoms with Crippen LogP contribution in [0.4, 0.5) is 0 Å². The Bertz CT molecular complexity index is 185. The number of hydrogen-bond donors (Lipinski definition) is 1. The monoisotopic (exact) mass is 199 g/mol. The highest BCUT2D eigenvalue weighted by atomic mass is 35.5. The number of nitrogens with one attached hydrogen (secondary N) is 1. The molecule has 0 aromatic rings. The minimum Gasteiger partial charge on any atom is -0.313 e.